The van der Waals surface area contributed by atoms with Crippen LogP contribution in [0.1, 0.15) is 32.0 Å². The molecule has 1 spiro atoms. The summed E-state index contributed by atoms with van der Waals surface area (Å²) in [5.74, 6) is 1.43. The second-order valence-corrected chi connectivity index (χ2v) is 8.25. The molecule has 0 amide bonds. The Morgan fingerprint density at radius 3 is 2.68 bits per heavy atom. The summed E-state index contributed by atoms with van der Waals surface area (Å²) in [5.41, 5.74) is 3.33. The van der Waals surface area contributed by atoms with Crippen molar-refractivity contribution in [2.75, 3.05) is 0 Å². The first-order valence-electron chi connectivity index (χ1n) is 9.40. The summed E-state index contributed by atoms with van der Waals surface area (Å²) < 4.78 is 15.0. The highest BCUT2D eigenvalue weighted by molar-refractivity contribution is 6.59. The summed E-state index contributed by atoms with van der Waals surface area (Å²) in [4.78, 5) is 1.93. The zero-order valence-corrected chi connectivity index (χ0v) is 16.1. The molecule has 5 rings (SSSR count). The van der Waals surface area contributed by atoms with Gasteiger partial charge in [0.2, 0.25) is 0 Å². The van der Waals surface area contributed by atoms with Gasteiger partial charge < -0.3 is 18.6 Å². The van der Waals surface area contributed by atoms with E-state index >= 15 is 0 Å². The molecule has 138 valence electrons. The van der Waals surface area contributed by atoms with Crippen molar-refractivity contribution in [3.8, 4) is 17.6 Å². The number of hydrogen-bond acceptors (Lipinski definition) is 4. The van der Waals surface area contributed by atoms with E-state index in [1.807, 2.05) is 64.2 Å². The molecule has 1 aromatic heterocycles. The number of nitrogens with zero attached hydrogens (tertiary/aromatic N) is 3. The Bertz CT molecular complexity index is 1140. The topological polar surface area (TPSA) is 49.4 Å². The number of hydrogen-bond donors (Lipinski definition) is 0. The van der Waals surface area contributed by atoms with Crippen molar-refractivity contribution in [2.24, 2.45) is 0 Å². The van der Waals surface area contributed by atoms with Gasteiger partial charge in [-0.1, -0.05) is 39.0 Å². The number of rotatable bonds is 0. The van der Waals surface area contributed by atoms with Crippen LogP contribution in [0.15, 0.2) is 72.7 Å². The van der Waals surface area contributed by atoms with Crippen LogP contribution in [0.3, 0.4) is 0 Å². The van der Waals surface area contributed by atoms with Crippen LogP contribution >= 0.6 is 0 Å². The Morgan fingerprint density at radius 1 is 1.07 bits per heavy atom. The number of aromatic nitrogens is 1. The van der Waals surface area contributed by atoms with Crippen LogP contribution in [0.2, 0.25) is 0 Å². The standard InChI is InChI=1S/C22H20BN3O2/c1-22(2,3)16-10-11-20-21(14-16)28-23(27-20)25-12-6-4-8-18(25)17(15-24)19-9-5-7-13-26(19)23/h4-14H,1-3H3. The first kappa shape index (κ1) is 16.7. The predicted molar refractivity (Wildman–Crippen MR) is 107 cm³/mol. The zero-order valence-electron chi connectivity index (χ0n) is 16.1. The summed E-state index contributed by atoms with van der Waals surface area (Å²) in [6, 6.07) is 14.2. The lowest BCUT2D eigenvalue weighted by Crippen LogP contribution is -2.81. The van der Waals surface area contributed by atoms with E-state index in [1.54, 1.807) is 0 Å². The normalized spacial score (nSPS) is 21.6. The molecule has 1 atom stereocenters. The molecule has 3 aliphatic heterocycles. The van der Waals surface area contributed by atoms with E-state index in [9.17, 15) is 5.26 Å². The fraction of sp³-hybridized carbons (Fsp3) is 0.182. The van der Waals surface area contributed by atoms with Crippen molar-refractivity contribution in [3.05, 3.63) is 84.0 Å². The van der Waals surface area contributed by atoms with Gasteiger partial charge in [0.05, 0.1) is 0 Å². The summed E-state index contributed by atoms with van der Waals surface area (Å²) >= 11 is 0. The van der Waals surface area contributed by atoms with E-state index < -0.39 is 6.82 Å². The molecule has 4 heterocycles. The maximum absolute atomic E-state index is 9.83. The minimum absolute atomic E-state index is 0.00552. The molecule has 28 heavy (non-hydrogen) atoms. The van der Waals surface area contributed by atoms with Crippen molar-refractivity contribution in [3.63, 3.8) is 0 Å². The van der Waals surface area contributed by atoms with Crippen molar-refractivity contribution in [1.29, 1.82) is 5.26 Å². The predicted octanol–water partition coefficient (Wildman–Crippen LogP) is 3.66. The van der Waals surface area contributed by atoms with E-state index in [4.69, 9.17) is 9.31 Å². The number of nitriles is 1. The van der Waals surface area contributed by atoms with Crippen LogP contribution in [-0.2, 0) is 5.41 Å². The molecule has 1 unspecified atom stereocenters. The molecular weight excluding hydrogens is 349 g/mol. The molecular formula is C22H20BN3O2. The first-order chi connectivity index (χ1) is 13.4. The minimum Gasteiger partial charge on any atom is -0.599 e. The summed E-state index contributed by atoms with van der Waals surface area (Å²) in [6.45, 7) is 4.43. The minimum atomic E-state index is -2.10. The third kappa shape index (κ3) is 2.16. The second-order valence-electron chi connectivity index (χ2n) is 8.25. The van der Waals surface area contributed by atoms with Gasteiger partial charge in [0.15, 0.2) is 5.69 Å². The third-order valence-corrected chi connectivity index (χ3v) is 5.48. The summed E-state index contributed by atoms with van der Waals surface area (Å²) in [6.07, 6.45) is 9.59. The van der Waals surface area contributed by atoms with Crippen LogP contribution in [0, 0.1) is 11.3 Å². The maximum Gasteiger partial charge on any atom is 0.779 e. The van der Waals surface area contributed by atoms with E-state index in [-0.39, 0.29) is 5.41 Å². The summed E-state index contributed by atoms with van der Waals surface area (Å²) in [5, 5.41) is 9.83. The maximum atomic E-state index is 9.83. The Kier molecular flexibility index (Phi) is 3.29. The van der Waals surface area contributed by atoms with Crippen LogP contribution in [0.25, 0.3) is 5.57 Å². The summed E-state index contributed by atoms with van der Waals surface area (Å²) in [7, 11) is 0. The molecule has 0 radical (unpaired) electrons. The van der Waals surface area contributed by atoms with Gasteiger partial charge in [-0.25, -0.2) is 0 Å². The molecule has 0 aliphatic carbocycles. The monoisotopic (exact) mass is 369 g/mol. The smallest absolute Gasteiger partial charge is 0.599 e. The zero-order chi connectivity index (χ0) is 19.5. The molecule has 1 aromatic carbocycles. The SMILES string of the molecule is CC(C)(C)c1ccc2c(c1)O[B-]1(O2)N2C=CC=CC2=C(C#N)c2cccc[n+]21. The van der Waals surface area contributed by atoms with Crippen molar-refractivity contribution in [2.45, 2.75) is 26.2 Å². The third-order valence-electron chi connectivity index (χ3n) is 5.48. The Labute approximate surface area is 164 Å². The van der Waals surface area contributed by atoms with Crippen LogP contribution < -0.4 is 13.8 Å². The van der Waals surface area contributed by atoms with Gasteiger partial charge in [-0.15, -0.1) is 0 Å². The Balaban J connectivity index is 1.72. The molecule has 0 saturated carbocycles. The molecule has 5 nitrogen and oxygen atoms in total. The Morgan fingerprint density at radius 2 is 1.89 bits per heavy atom. The van der Waals surface area contributed by atoms with E-state index in [0.29, 0.717) is 11.3 Å². The number of fused-ring (bicyclic) bond motifs is 5. The lowest BCUT2D eigenvalue weighted by atomic mass is 9.78. The van der Waals surface area contributed by atoms with Gasteiger partial charge in [0, 0.05) is 11.8 Å². The lowest BCUT2D eigenvalue weighted by molar-refractivity contribution is -0.581. The average molecular weight is 369 g/mol. The van der Waals surface area contributed by atoms with Crippen LogP contribution in [0.4, 0.5) is 0 Å². The van der Waals surface area contributed by atoms with E-state index in [1.165, 1.54) is 5.56 Å². The fourth-order valence-electron chi connectivity index (χ4n) is 4.03. The second kappa shape index (κ2) is 5.52. The lowest BCUT2D eigenvalue weighted by Gasteiger charge is -2.43. The van der Waals surface area contributed by atoms with Gasteiger partial charge in [0.25, 0.3) is 0 Å². The van der Waals surface area contributed by atoms with Crippen LogP contribution in [-0.4, -0.2) is 11.6 Å². The molecule has 2 aromatic rings. The highest BCUT2D eigenvalue weighted by Crippen LogP contribution is 2.43. The quantitative estimate of drug-likeness (QED) is 0.665. The highest BCUT2D eigenvalue weighted by atomic mass is 16.7. The molecule has 0 bridgehead atoms. The highest BCUT2D eigenvalue weighted by Gasteiger charge is 2.61. The van der Waals surface area contributed by atoms with Gasteiger partial charge in [-0.3, -0.25) is 0 Å². The van der Waals surface area contributed by atoms with E-state index in [0.717, 1.165) is 17.1 Å². The molecule has 0 N–H and O–H groups in total. The number of pyridine rings is 1. The van der Waals surface area contributed by atoms with E-state index in [2.05, 4.69) is 39.0 Å². The molecule has 6 heteroatoms. The van der Waals surface area contributed by atoms with Gasteiger partial charge >= 0.3 is 6.82 Å². The largest absolute Gasteiger partial charge is 0.779 e. The molecule has 3 aliphatic rings. The molecule has 0 fully saturated rings. The van der Waals surface area contributed by atoms with Crippen molar-refractivity contribution in [1.82, 2.24) is 4.81 Å². The van der Waals surface area contributed by atoms with Gasteiger partial charge in [-0.05, 0) is 47.5 Å². The number of allylic oxidation sites excluding steroid dienone is 4. The number of benzene rings is 1. The van der Waals surface area contributed by atoms with Crippen LogP contribution in [0.5, 0.6) is 11.5 Å². The van der Waals surface area contributed by atoms with Gasteiger partial charge in [0.1, 0.15) is 29.3 Å². The molecule has 0 saturated heterocycles. The first-order valence-corrected chi connectivity index (χ1v) is 9.40. The van der Waals surface area contributed by atoms with Gasteiger partial charge in [-0.2, -0.15) is 5.26 Å². The fourth-order valence-corrected chi connectivity index (χ4v) is 4.03. The average Bonchev–Trinajstić information content (AvgIpc) is 3.07. The van der Waals surface area contributed by atoms with Crippen molar-refractivity contribution >= 4 is 12.4 Å². The Hall–Kier alpha value is -3.46. The van der Waals surface area contributed by atoms with Crippen molar-refractivity contribution < 1.29 is 13.8 Å².